The number of aryl methyl sites for hydroxylation is 2. The molecule has 2 atom stereocenters. The van der Waals surface area contributed by atoms with Gasteiger partial charge in [0.2, 0.25) is 0 Å². The number of carbonyl (C=O) groups excluding carboxylic acids is 2. The van der Waals surface area contributed by atoms with Crippen LogP contribution in [0.5, 0.6) is 5.75 Å². The van der Waals surface area contributed by atoms with Gasteiger partial charge < -0.3 is 15.2 Å². The Kier molecular flexibility index (Phi) is 5.00. The zero-order valence-corrected chi connectivity index (χ0v) is 16.2. The van der Waals surface area contributed by atoms with Crippen molar-refractivity contribution >= 4 is 11.9 Å². The van der Waals surface area contributed by atoms with Gasteiger partial charge in [0.1, 0.15) is 29.8 Å². The third-order valence-electron chi connectivity index (χ3n) is 5.60. The molecule has 4 rings (SSSR count). The Balaban J connectivity index is 1.43. The highest BCUT2D eigenvalue weighted by Crippen LogP contribution is 2.32. The van der Waals surface area contributed by atoms with E-state index in [-0.39, 0.29) is 19.0 Å². The van der Waals surface area contributed by atoms with E-state index < -0.39 is 23.6 Å². The second-order valence-electron chi connectivity index (χ2n) is 7.73. The number of hydrogen-bond donors (Lipinski definition) is 2. The largest absolute Gasteiger partial charge is 0.491 e. The number of ether oxygens (including phenoxy) is 1. The SMILES string of the molecule is C[C@]1(c2ccc3c(c2)CCC3)NC(=O)N(C[C@H](O)COc2ccc(F)cc2)C1=O. The van der Waals surface area contributed by atoms with Gasteiger partial charge in [-0.3, -0.25) is 9.69 Å². The summed E-state index contributed by atoms with van der Waals surface area (Å²) in [5.74, 6) is -0.394. The van der Waals surface area contributed by atoms with Crippen LogP contribution in [0.4, 0.5) is 9.18 Å². The fraction of sp³-hybridized carbons (Fsp3) is 0.364. The van der Waals surface area contributed by atoms with Crippen LogP contribution < -0.4 is 10.1 Å². The fourth-order valence-corrected chi connectivity index (χ4v) is 3.93. The van der Waals surface area contributed by atoms with Crippen molar-refractivity contribution in [2.24, 2.45) is 0 Å². The molecule has 1 aliphatic heterocycles. The molecular formula is C22H23FN2O4. The molecule has 1 heterocycles. The summed E-state index contributed by atoms with van der Waals surface area (Å²) in [5.41, 5.74) is 2.10. The van der Waals surface area contributed by atoms with Gasteiger partial charge in [0.05, 0.1) is 6.54 Å². The first-order chi connectivity index (χ1) is 13.9. The first kappa shape index (κ1) is 19.4. The summed E-state index contributed by atoms with van der Waals surface area (Å²) in [4.78, 5) is 26.5. The van der Waals surface area contributed by atoms with E-state index >= 15 is 0 Å². The number of nitrogens with zero attached hydrogens (tertiary/aromatic N) is 1. The van der Waals surface area contributed by atoms with Gasteiger partial charge in [-0.25, -0.2) is 9.18 Å². The monoisotopic (exact) mass is 398 g/mol. The number of imide groups is 1. The fourth-order valence-electron chi connectivity index (χ4n) is 3.93. The lowest BCUT2D eigenvalue weighted by atomic mass is 9.89. The third kappa shape index (κ3) is 3.70. The maximum absolute atomic E-state index is 13.0. The number of rotatable bonds is 6. The Morgan fingerprint density at radius 2 is 1.90 bits per heavy atom. The number of carbonyl (C=O) groups is 2. The molecule has 0 spiro atoms. The van der Waals surface area contributed by atoms with Crippen LogP contribution in [-0.2, 0) is 23.2 Å². The summed E-state index contributed by atoms with van der Waals surface area (Å²) in [5, 5.41) is 13.0. The smallest absolute Gasteiger partial charge is 0.325 e. The molecule has 6 nitrogen and oxygen atoms in total. The minimum absolute atomic E-state index is 0.127. The molecule has 2 aliphatic rings. The standard InChI is InChI=1S/C22H23FN2O4/c1-22(16-6-5-14-3-2-4-15(14)11-16)20(27)25(21(28)24-22)12-18(26)13-29-19-9-7-17(23)8-10-19/h5-11,18,26H,2-4,12-13H2,1H3,(H,24,28)/t18-,22+/m0/s1. The first-order valence-corrected chi connectivity index (χ1v) is 9.69. The van der Waals surface area contributed by atoms with E-state index in [4.69, 9.17) is 4.74 Å². The lowest BCUT2D eigenvalue weighted by Crippen LogP contribution is -2.42. The van der Waals surface area contributed by atoms with E-state index in [1.54, 1.807) is 6.92 Å². The molecule has 1 saturated heterocycles. The van der Waals surface area contributed by atoms with Crippen molar-refractivity contribution in [1.29, 1.82) is 0 Å². The summed E-state index contributed by atoms with van der Waals surface area (Å²) in [6, 6.07) is 10.8. The number of benzene rings is 2. The average Bonchev–Trinajstić information content (AvgIpc) is 3.26. The highest BCUT2D eigenvalue weighted by atomic mass is 19.1. The molecule has 0 aromatic heterocycles. The summed E-state index contributed by atoms with van der Waals surface area (Å²) in [7, 11) is 0. The van der Waals surface area contributed by atoms with Crippen molar-refractivity contribution in [3.05, 3.63) is 65.0 Å². The number of urea groups is 1. The number of hydrogen-bond acceptors (Lipinski definition) is 4. The maximum Gasteiger partial charge on any atom is 0.325 e. The number of fused-ring (bicyclic) bond motifs is 1. The number of β-amino-alcohol motifs (C(OH)–C–C–N with tert-alkyl or cyclic N) is 1. The van der Waals surface area contributed by atoms with Gasteiger partial charge in [-0.2, -0.15) is 0 Å². The number of aliphatic hydroxyl groups is 1. The molecule has 152 valence electrons. The molecule has 1 fully saturated rings. The molecule has 2 aromatic rings. The topological polar surface area (TPSA) is 78.9 Å². The number of nitrogens with one attached hydrogen (secondary N) is 1. The van der Waals surface area contributed by atoms with Crippen molar-refractivity contribution in [3.63, 3.8) is 0 Å². The van der Waals surface area contributed by atoms with E-state index in [9.17, 15) is 19.1 Å². The van der Waals surface area contributed by atoms with Crippen molar-refractivity contribution in [2.45, 2.75) is 37.8 Å². The van der Waals surface area contributed by atoms with Crippen molar-refractivity contribution in [1.82, 2.24) is 10.2 Å². The Morgan fingerprint density at radius 3 is 2.66 bits per heavy atom. The van der Waals surface area contributed by atoms with Gasteiger partial charge in [0, 0.05) is 0 Å². The van der Waals surface area contributed by atoms with Gasteiger partial charge in [0.25, 0.3) is 5.91 Å². The van der Waals surface area contributed by atoms with Crippen molar-refractivity contribution in [3.8, 4) is 5.75 Å². The lowest BCUT2D eigenvalue weighted by molar-refractivity contribution is -0.132. The molecule has 0 saturated carbocycles. The van der Waals surface area contributed by atoms with E-state index in [0.717, 1.165) is 29.7 Å². The van der Waals surface area contributed by atoms with Crippen LogP contribution in [0.25, 0.3) is 0 Å². The molecule has 29 heavy (non-hydrogen) atoms. The molecule has 3 amide bonds. The van der Waals surface area contributed by atoms with Gasteiger partial charge in [-0.15, -0.1) is 0 Å². The van der Waals surface area contributed by atoms with Gasteiger partial charge in [-0.05, 0) is 67.1 Å². The molecule has 2 aromatic carbocycles. The van der Waals surface area contributed by atoms with E-state index in [1.165, 1.54) is 35.4 Å². The summed E-state index contributed by atoms with van der Waals surface area (Å²) in [6.07, 6.45) is 2.04. The maximum atomic E-state index is 13.0. The minimum Gasteiger partial charge on any atom is -0.491 e. The van der Waals surface area contributed by atoms with Crippen LogP contribution in [0.2, 0.25) is 0 Å². The predicted octanol–water partition coefficient (Wildman–Crippen LogP) is 2.52. The van der Waals surface area contributed by atoms with Crippen LogP contribution in [0, 0.1) is 5.82 Å². The van der Waals surface area contributed by atoms with Crippen LogP contribution in [0.1, 0.15) is 30.0 Å². The third-order valence-corrected chi connectivity index (χ3v) is 5.60. The second-order valence-corrected chi connectivity index (χ2v) is 7.73. The number of halogens is 1. The lowest BCUT2D eigenvalue weighted by Gasteiger charge is -2.24. The van der Waals surface area contributed by atoms with Crippen LogP contribution in [0.3, 0.4) is 0 Å². The van der Waals surface area contributed by atoms with E-state index in [0.29, 0.717) is 5.75 Å². The zero-order chi connectivity index (χ0) is 20.6. The minimum atomic E-state index is -1.16. The Labute approximate surface area is 168 Å². The number of aliphatic hydroxyl groups excluding tert-OH is 1. The van der Waals surface area contributed by atoms with Crippen LogP contribution in [0.15, 0.2) is 42.5 Å². The molecule has 7 heteroatoms. The molecule has 0 radical (unpaired) electrons. The van der Waals surface area contributed by atoms with E-state index in [1.807, 2.05) is 18.2 Å². The highest BCUT2D eigenvalue weighted by molar-refractivity contribution is 6.07. The molecule has 2 N–H and O–H groups in total. The van der Waals surface area contributed by atoms with Gasteiger partial charge >= 0.3 is 6.03 Å². The Hall–Kier alpha value is -2.93. The molecule has 0 unspecified atom stereocenters. The average molecular weight is 398 g/mol. The zero-order valence-electron chi connectivity index (χ0n) is 16.2. The Morgan fingerprint density at radius 1 is 1.17 bits per heavy atom. The van der Waals surface area contributed by atoms with E-state index in [2.05, 4.69) is 5.32 Å². The summed E-state index contributed by atoms with van der Waals surface area (Å²) < 4.78 is 18.3. The molecular weight excluding hydrogens is 375 g/mol. The quantitative estimate of drug-likeness (QED) is 0.733. The predicted molar refractivity (Wildman–Crippen MR) is 104 cm³/mol. The number of amides is 3. The second kappa shape index (κ2) is 7.48. The highest BCUT2D eigenvalue weighted by Gasteiger charge is 2.49. The summed E-state index contributed by atoms with van der Waals surface area (Å²) in [6.45, 7) is 1.37. The van der Waals surface area contributed by atoms with Gasteiger partial charge in [0.15, 0.2) is 0 Å². The summed E-state index contributed by atoms with van der Waals surface area (Å²) >= 11 is 0. The molecule has 0 bridgehead atoms. The van der Waals surface area contributed by atoms with Crippen LogP contribution >= 0.6 is 0 Å². The van der Waals surface area contributed by atoms with Gasteiger partial charge in [-0.1, -0.05) is 18.2 Å². The van der Waals surface area contributed by atoms with Crippen molar-refractivity contribution in [2.75, 3.05) is 13.2 Å². The first-order valence-electron chi connectivity index (χ1n) is 9.69. The normalized spacial score (nSPS) is 21.8. The molecule has 1 aliphatic carbocycles. The van der Waals surface area contributed by atoms with Crippen LogP contribution in [-0.4, -0.2) is 41.2 Å². The Bertz CT molecular complexity index is 946. The van der Waals surface area contributed by atoms with Crippen molar-refractivity contribution < 1.29 is 23.8 Å².